The van der Waals surface area contributed by atoms with Crippen LogP contribution in [0.1, 0.15) is 33.2 Å². The number of ether oxygens (including phenoxy) is 2. The Morgan fingerprint density at radius 2 is 1.82 bits per heavy atom. The van der Waals surface area contributed by atoms with Crippen molar-refractivity contribution in [2.75, 3.05) is 18.7 Å². The van der Waals surface area contributed by atoms with Gasteiger partial charge in [-0.05, 0) is 42.8 Å². The second kappa shape index (κ2) is 9.80. The standard InChI is InChI=1S/C24H20ClN3O6/c1-2-27(13-15-7-10-21-22(11-15)34-14-33-21)24(30)18-5-3-4-6-20(18)26-23(29)17-9-8-16(28(31)32)12-19(17)25/h3-12H,2,13-14H2,1H3,(H,26,29). The molecule has 9 nitrogen and oxygen atoms in total. The molecule has 0 aliphatic carbocycles. The summed E-state index contributed by atoms with van der Waals surface area (Å²) in [6, 6.07) is 15.7. The highest BCUT2D eigenvalue weighted by atomic mass is 35.5. The molecule has 34 heavy (non-hydrogen) atoms. The summed E-state index contributed by atoms with van der Waals surface area (Å²) < 4.78 is 10.7. The van der Waals surface area contributed by atoms with Crippen molar-refractivity contribution in [3.8, 4) is 11.5 Å². The van der Waals surface area contributed by atoms with E-state index in [1.165, 1.54) is 12.1 Å². The van der Waals surface area contributed by atoms with Gasteiger partial charge >= 0.3 is 0 Å². The summed E-state index contributed by atoms with van der Waals surface area (Å²) in [5.41, 5.74) is 1.31. The van der Waals surface area contributed by atoms with Crippen molar-refractivity contribution in [1.82, 2.24) is 4.90 Å². The topological polar surface area (TPSA) is 111 Å². The lowest BCUT2D eigenvalue weighted by Gasteiger charge is -2.23. The van der Waals surface area contributed by atoms with E-state index >= 15 is 0 Å². The molecule has 0 bridgehead atoms. The van der Waals surface area contributed by atoms with Gasteiger partial charge in [0.25, 0.3) is 17.5 Å². The van der Waals surface area contributed by atoms with Gasteiger partial charge in [0.1, 0.15) is 0 Å². The maximum absolute atomic E-state index is 13.4. The molecule has 0 fully saturated rings. The zero-order valence-electron chi connectivity index (χ0n) is 18.1. The van der Waals surface area contributed by atoms with Gasteiger partial charge in [0, 0.05) is 25.2 Å². The third-order valence-corrected chi connectivity index (χ3v) is 5.61. The molecule has 3 aromatic carbocycles. The molecular formula is C24H20ClN3O6. The van der Waals surface area contributed by atoms with E-state index in [0.29, 0.717) is 35.8 Å². The number of nitrogens with one attached hydrogen (secondary N) is 1. The van der Waals surface area contributed by atoms with Gasteiger partial charge in [-0.25, -0.2) is 0 Å². The Labute approximate surface area is 200 Å². The minimum absolute atomic E-state index is 0.0576. The molecule has 0 aromatic heterocycles. The molecule has 0 radical (unpaired) electrons. The van der Waals surface area contributed by atoms with E-state index in [1.807, 2.05) is 19.1 Å². The molecule has 1 heterocycles. The lowest BCUT2D eigenvalue weighted by molar-refractivity contribution is -0.384. The normalized spacial score (nSPS) is 11.7. The molecule has 174 valence electrons. The van der Waals surface area contributed by atoms with Crippen LogP contribution in [0, 0.1) is 10.1 Å². The first kappa shape index (κ1) is 23.1. The summed E-state index contributed by atoms with van der Waals surface area (Å²) >= 11 is 6.08. The minimum atomic E-state index is -0.596. The number of hydrogen-bond acceptors (Lipinski definition) is 6. The summed E-state index contributed by atoms with van der Waals surface area (Å²) in [7, 11) is 0. The highest BCUT2D eigenvalue weighted by Gasteiger charge is 2.22. The van der Waals surface area contributed by atoms with Crippen molar-refractivity contribution in [3.63, 3.8) is 0 Å². The Morgan fingerprint density at radius 3 is 2.56 bits per heavy atom. The number of amides is 2. The van der Waals surface area contributed by atoms with E-state index in [9.17, 15) is 19.7 Å². The molecule has 0 unspecified atom stereocenters. The highest BCUT2D eigenvalue weighted by molar-refractivity contribution is 6.34. The third-order valence-electron chi connectivity index (χ3n) is 5.29. The van der Waals surface area contributed by atoms with Crippen molar-refractivity contribution >= 4 is 34.8 Å². The minimum Gasteiger partial charge on any atom is -0.454 e. The molecule has 0 saturated heterocycles. The Hall–Kier alpha value is -4.11. The summed E-state index contributed by atoms with van der Waals surface area (Å²) in [5.74, 6) is 0.439. The first-order chi connectivity index (χ1) is 16.4. The average Bonchev–Trinajstić information content (AvgIpc) is 3.30. The molecule has 0 saturated carbocycles. The number of benzene rings is 3. The van der Waals surface area contributed by atoms with E-state index in [1.54, 1.807) is 35.2 Å². The van der Waals surface area contributed by atoms with Crippen LogP contribution >= 0.6 is 11.6 Å². The van der Waals surface area contributed by atoms with Gasteiger partial charge in [-0.2, -0.15) is 0 Å². The number of nitro benzene ring substituents is 1. The Bertz CT molecular complexity index is 1280. The first-order valence-corrected chi connectivity index (χ1v) is 10.8. The molecule has 2 amide bonds. The van der Waals surface area contributed by atoms with Crippen LogP contribution < -0.4 is 14.8 Å². The van der Waals surface area contributed by atoms with E-state index < -0.39 is 10.8 Å². The van der Waals surface area contributed by atoms with Gasteiger partial charge in [-0.3, -0.25) is 19.7 Å². The van der Waals surface area contributed by atoms with Gasteiger partial charge in [0.05, 0.1) is 26.8 Å². The fourth-order valence-electron chi connectivity index (χ4n) is 3.53. The van der Waals surface area contributed by atoms with E-state index in [-0.39, 0.29) is 29.0 Å². The Kier molecular flexibility index (Phi) is 6.65. The predicted molar refractivity (Wildman–Crippen MR) is 125 cm³/mol. The SMILES string of the molecule is CCN(Cc1ccc2c(c1)OCO2)C(=O)c1ccccc1NC(=O)c1ccc([N+](=O)[O-])cc1Cl. The van der Waals surface area contributed by atoms with Gasteiger partial charge in [-0.15, -0.1) is 0 Å². The monoisotopic (exact) mass is 481 g/mol. The van der Waals surface area contributed by atoms with Crippen molar-refractivity contribution < 1.29 is 24.0 Å². The van der Waals surface area contributed by atoms with Gasteiger partial charge in [0.2, 0.25) is 6.79 Å². The zero-order valence-corrected chi connectivity index (χ0v) is 18.9. The number of carbonyl (C=O) groups is 2. The van der Waals surface area contributed by atoms with Crippen molar-refractivity contribution in [3.05, 3.63) is 92.5 Å². The zero-order chi connectivity index (χ0) is 24.2. The van der Waals surface area contributed by atoms with Gasteiger partial charge in [-0.1, -0.05) is 29.8 Å². The smallest absolute Gasteiger partial charge is 0.270 e. The van der Waals surface area contributed by atoms with E-state index in [4.69, 9.17) is 21.1 Å². The molecule has 1 N–H and O–H groups in total. The van der Waals surface area contributed by atoms with Crippen molar-refractivity contribution in [1.29, 1.82) is 0 Å². The molecular weight excluding hydrogens is 462 g/mol. The molecule has 1 aliphatic heterocycles. The van der Waals surface area contributed by atoms with Crippen molar-refractivity contribution in [2.45, 2.75) is 13.5 Å². The van der Waals surface area contributed by atoms with Crippen LogP contribution in [0.15, 0.2) is 60.7 Å². The number of carbonyl (C=O) groups excluding carboxylic acids is 2. The average molecular weight is 482 g/mol. The molecule has 3 aromatic rings. The first-order valence-electron chi connectivity index (χ1n) is 10.4. The van der Waals surface area contributed by atoms with Crippen LogP contribution in [0.25, 0.3) is 0 Å². The van der Waals surface area contributed by atoms with Crippen LogP contribution in [0.4, 0.5) is 11.4 Å². The summed E-state index contributed by atoms with van der Waals surface area (Å²) in [4.78, 5) is 38.1. The van der Waals surface area contributed by atoms with Crippen molar-refractivity contribution in [2.24, 2.45) is 0 Å². The van der Waals surface area contributed by atoms with Crippen LogP contribution in [-0.4, -0.2) is 35.0 Å². The number of rotatable bonds is 7. The maximum atomic E-state index is 13.4. The van der Waals surface area contributed by atoms with Crippen LogP contribution in [-0.2, 0) is 6.54 Å². The number of nitro groups is 1. The van der Waals surface area contributed by atoms with E-state index in [0.717, 1.165) is 11.6 Å². The van der Waals surface area contributed by atoms with Gasteiger partial charge in [0.15, 0.2) is 11.5 Å². The Balaban J connectivity index is 1.54. The second-order valence-electron chi connectivity index (χ2n) is 7.43. The number of non-ortho nitro benzene ring substituents is 1. The fourth-order valence-corrected chi connectivity index (χ4v) is 3.79. The molecule has 4 rings (SSSR count). The molecule has 1 aliphatic rings. The quantitative estimate of drug-likeness (QED) is 0.380. The third kappa shape index (κ3) is 4.79. The number of nitrogens with zero attached hydrogens (tertiary/aromatic N) is 2. The molecule has 0 atom stereocenters. The van der Waals surface area contributed by atoms with Crippen LogP contribution in [0.5, 0.6) is 11.5 Å². The highest BCUT2D eigenvalue weighted by Crippen LogP contribution is 2.33. The summed E-state index contributed by atoms with van der Waals surface area (Å²) in [6.45, 7) is 2.80. The van der Waals surface area contributed by atoms with E-state index in [2.05, 4.69) is 5.32 Å². The summed E-state index contributed by atoms with van der Waals surface area (Å²) in [5, 5.41) is 13.6. The van der Waals surface area contributed by atoms with Crippen LogP contribution in [0.2, 0.25) is 5.02 Å². The second-order valence-corrected chi connectivity index (χ2v) is 7.84. The number of anilines is 1. The number of para-hydroxylation sites is 1. The molecule has 10 heteroatoms. The Morgan fingerprint density at radius 1 is 1.06 bits per heavy atom. The lowest BCUT2D eigenvalue weighted by atomic mass is 10.1. The number of fused-ring (bicyclic) bond motifs is 1. The van der Waals surface area contributed by atoms with Gasteiger partial charge < -0.3 is 19.7 Å². The fraction of sp³-hybridized carbons (Fsp3) is 0.167. The van der Waals surface area contributed by atoms with Crippen LogP contribution in [0.3, 0.4) is 0 Å². The number of hydrogen-bond donors (Lipinski definition) is 1. The largest absolute Gasteiger partial charge is 0.454 e. The molecule has 0 spiro atoms. The maximum Gasteiger partial charge on any atom is 0.270 e. The predicted octanol–water partition coefficient (Wildman–Crippen LogP) is 4.89. The number of halogens is 1. The lowest BCUT2D eigenvalue weighted by Crippen LogP contribution is -2.31. The summed E-state index contributed by atoms with van der Waals surface area (Å²) in [6.07, 6.45) is 0.